The molecule has 0 rings (SSSR count). The van der Waals surface area contributed by atoms with Crippen molar-refractivity contribution in [3.8, 4) is 0 Å². The average molecular weight is 260 g/mol. The maximum atomic E-state index is 11.9. The molecule has 0 aliphatic rings. The smallest absolute Gasteiger partial charge is 0.325 e. The van der Waals surface area contributed by atoms with Crippen LogP contribution in [0.3, 0.4) is 0 Å². The van der Waals surface area contributed by atoms with Crippen LogP contribution in [0.1, 0.15) is 20.8 Å². The fourth-order valence-corrected chi connectivity index (χ4v) is 1.31. The molecular weight excluding hydrogens is 240 g/mol. The van der Waals surface area contributed by atoms with Gasteiger partial charge in [0.15, 0.2) is 0 Å². The molecule has 2 amide bonds. The third-order valence-corrected chi connectivity index (χ3v) is 2.17. The first-order valence-electron chi connectivity index (χ1n) is 5.68. The Hall–Kier alpha value is -1.79. The van der Waals surface area contributed by atoms with E-state index >= 15 is 0 Å². The van der Waals surface area contributed by atoms with Crippen molar-refractivity contribution >= 4 is 18.0 Å². The average Bonchev–Trinajstić information content (AvgIpc) is 2.24. The number of carbonyl (C=O) groups excluding carboxylic acids is 2. The van der Waals surface area contributed by atoms with E-state index < -0.39 is 24.5 Å². The highest BCUT2D eigenvalue weighted by Gasteiger charge is 2.24. The van der Waals surface area contributed by atoms with Crippen molar-refractivity contribution in [2.45, 2.75) is 26.8 Å². The quantitative estimate of drug-likeness (QED) is 0.698. The number of carbonyl (C=O) groups is 3. The molecule has 0 bridgehead atoms. The molecule has 0 unspecified atom stereocenters. The lowest BCUT2D eigenvalue weighted by atomic mass is 10.3. The summed E-state index contributed by atoms with van der Waals surface area (Å²) in [6.07, 6.45) is 0. The van der Waals surface area contributed by atoms with Gasteiger partial charge in [0.1, 0.15) is 13.1 Å². The molecule has 0 heterocycles. The molecule has 0 aromatic heterocycles. The van der Waals surface area contributed by atoms with Crippen LogP contribution in [0.15, 0.2) is 0 Å². The van der Waals surface area contributed by atoms with Gasteiger partial charge in [0, 0.05) is 13.1 Å². The van der Waals surface area contributed by atoms with Gasteiger partial charge < -0.3 is 19.6 Å². The predicted molar refractivity (Wildman–Crippen MR) is 64.1 cm³/mol. The maximum Gasteiger partial charge on any atom is 0.325 e. The number of hydrogen-bond donors (Lipinski definition) is 1. The first-order valence-corrected chi connectivity index (χ1v) is 5.68. The summed E-state index contributed by atoms with van der Waals surface area (Å²) in [5.74, 6) is -1.62. The van der Waals surface area contributed by atoms with E-state index in [9.17, 15) is 14.4 Å². The van der Waals surface area contributed by atoms with E-state index in [0.29, 0.717) is 0 Å². The highest BCUT2D eigenvalue weighted by atomic mass is 16.5. The topological polar surface area (TPSA) is 87.2 Å². The number of nitrogens with zero attached hydrogens (tertiary/aromatic N) is 2. The Morgan fingerprint density at radius 2 is 1.78 bits per heavy atom. The molecule has 104 valence electrons. The standard InChI is InChI=1S/C11H20N2O5/c1-5-18-10(16)7-13(8(2)3)11(17)12(4)6-9(14)15/h8H,5-7H2,1-4H3,(H,14,15). The second kappa shape index (κ2) is 7.52. The molecule has 0 saturated heterocycles. The third kappa shape index (κ3) is 5.51. The van der Waals surface area contributed by atoms with Crippen LogP contribution in [0.2, 0.25) is 0 Å². The summed E-state index contributed by atoms with van der Waals surface area (Å²) in [4.78, 5) is 36.1. The zero-order chi connectivity index (χ0) is 14.3. The second-order valence-corrected chi connectivity index (χ2v) is 4.06. The fourth-order valence-electron chi connectivity index (χ4n) is 1.31. The van der Waals surface area contributed by atoms with Crippen LogP contribution >= 0.6 is 0 Å². The summed E-state index contributed by atoms with van der Waals surface area (Å²) >= 11 is 0. The molecule has 7 heteroatoms. The monoisotopic (exact) mass is 260 g/mol. The number of carboxylic acids is 1. The normalized spacial score (nSPS) is 10.1. The minimum absolute atomic E-state index is 0.186. The SMILES string of the molecule is CCOC(=O)CN(C(=O)N(C)CC(=O)O)C(C)C. The number of esters is 1. The first-order chi connectivity index (χ1) is 8.29. The van der Waals surface area contributed by atoms with Crippen LogP contribution < -0.4 is 0 Å². The first kappa shape index (κ1) is 16.2. The molecule has 0 aromatic rings. The summed E-state index contributed by atoms with van der Waals surface area (Å²) in [5, 5.41) is 8.62. The Kier molecular flexibility index (Phi) is 6.77. The van der Waals surface area contributed by atoms with Crippen molar-refractivity contribution in [1.82, 2.24) is 9.80 Å². The van der Waals surface area contributed by atoms with Gasteiger partial charge in [-0.25, -0.2) is 4.79 Å². The van der Waals surface area contributed by atoms with Crippen LogP contribution in [0, 0.1) is 0 Å². The van der Waals surface area contributed by atoms with Gasteiger partial charge in [-0.15, -0.1) is 0 Å². The minimum Gasteiger partial charge on any atom is -0.480 e. The van der Waals surface area contributed by atoms with E-state index in [1.54, 1.807) is 20.8 Å². The highest BCUT2D eigenvalue weighted by Crippen LogP contribution is 2.04. The van der Waals surface area contributed by atoms with Gasteiger partial charge in [-0.3, -0.25) is 9.59 Å². The van der Waals surface area contributed by atoms with Gasteiger partial charge in [-0.1, -0.05) is 0 Å². The fraction of sp³-hybridized carbons (Fsp3) is 0.727. The van der Waals surface area contributed by atoms with Crippen LogP contribution in [0.25, 0.3) is 0 Å². The number of hydrogen-bond acceptors (Lipinski definition) is 4. The predicted octanol–water partition coefficient (Wildman–Crippen LogP) is 0.396. The molecule has 0 aromatic carbocycles. The molecule has 7 nitrogen and oxygen atoms in total. The summed E-state index contributed by atoms with van der Waals surface area (Å²) < 4.78 is 4.77. The number of likely N-dealkylation sites (N-methyl/N-ethyl adjacent to an activating group) is 1. The summed E-state index contributed by atoms with van der Waals surface area (Å²) in [6, 6.07) is -0.737. The number of ether oxygens (including phenoxy) is 1. The Morgan fingerprint density at radius 1 is 1.22 bits per heavy atom. The van der Waals surface area contributed by atoms with Gasteiger partial charge in [-0.05, 0) is 20.8 Å². The molecule has 0 spiro atoms. The van der Waals surface area contributed by atoms with Crippen LogP contribution in [-0.4, -0.2) is 65.7 Å². The molecule has 18 heavy (non-hydrogen) atoms. The Labute approximate surface area is 106 Å². The highest BCUT2D eigenvalue weighted by molar-refractivity contribution is 5.83. The lowest BCUT2D eigenvalue weighted by Crippen LogP contribution is -2.48. The molecule has 0 radical (unpaired) electrons. The largest absolute Gasteiger partial charge is 0.480 e. The van der Waals surface area contributed by atoms with Gasteiger partial charge in [-0.2, -0.15) is 0 Å². The Balaban J connectivity index is 4.63. The van der Waals surface area contributed by atoms with E-state index in [-0.39, 0.29) is 19.2 Å². The van der Waals surface area contributed by atoms with E-state index in [1.165, 1.54) is 11.9 Å². The molecule has 0 aliphatic heterocycles. The van der Waals surface area contributed by atoms with Crippen molar-refractivity contribution in [3.05, 3.63) is 0 Å². The molecule has 0 fully saturated rings. The van der Waals surface area contributed by atoms with Crippen LogP contribution in [0.4, 0.5) is 4.79 Å². The number of amides is 2. The zero-order valence-corrected chi connectivity index (χ0v) is 11.2. The van der Waals surface area contributed by atoms with E-state index in [4.69, 9.17) is 9.84 Å². The number of rotatable bonds is 6. The summed E-state index contributed by atoms with van der Waals surface area (Å²) in [7, 11) is 1.37. The number of aliphatic carboxylic acids is 1. The van der Waals surface area contributed by atoms with Gasteiger partial charge in [0.05, 0.1) is 6.61 Å². The van der Waals surface area contributed by atoms with E-state index in [1.807, 2.05) is 0 Å². The van der Waals surface area contributed by atoms with Crippen molar-refractivity contribution in [3.63, 3.8) is 0 Å². The van der Waals surface area contributed by atoms with Crippen molar-refractivity contribution in [2.75, 3.05) is 26.7 Å². The number of carboxylic acid groups (broad SMARTS) is 1. The Morgan fingerprint density at radius 3 is 2.17 bits per heavy atom. The molecule has 0 saturated carbocycles. The molecule has 0 aliphatic carbocycles. The van der Waals surface area contributed by atoms with Gasteiger partial charge in [0.25, 0.3) is 0 Å². The molecule has 0 atom stereocenters. The van der Waals surface area contributed by atoms with E-state index in [2.05, 4.69) is 0 Å². The van der Waals surface area contributed by atoms with Gasteiger partial charge >= 0.3 is 18.0 Å². The van der Waals surface area contributed by atoms with Crippen molar-refractivity contribution in [1.29, 1.82) is 0 Å². The Bertz CT molecular complexity index is 317. The number of urea groups is 1. The lowest BCUT2D eigenvalue weighted by Gasteiger charge is -2.29. The maximum absolute atomic E-state index is 11.9. The summed E-state index contributed by atoms with van der Waals surface area (Å²) in [6.45, 7) is 4.80. The van der Waals surface area contributed by atoms with Crippen molar-refractivity contribution < 1.29 is 24.2 Å². The summed E-state index contributed by atoms with van der Waals surface area (Å²) in [5.41, 5.74) is 0. The third-order valence-electron chi connectivity index (χ3n) is 2.17. The zero-order valence-electron chi connectivity index (χ0n) is 11.2. The van der Waals surface area contributed by atoms with Crippen molar-refractivity contribution in [2.24, 2.45) is 0 Å². The second-order valence-electron chi connectivity index (χ2n) is 4.06. The van der Waals surface area contributed by atoms with Gasteiger partial charge in [0.2, 0.25) is 0 Å². The van der Waals surface area contributed by atoms with Crippen LogP contribution in [0.5, 0.6) is 0 Å². The van der Waals surface area contributed by atoms with Crippen LogP contribution in [-0.2, 0) is 14.3 Å². The lowest BCUT2D eigenvalue weighted by molar-refractivity contribution is -0.144. The minimum atomic E-state index is -1.11. The molecule has 1 N–H and O–H groups in total. The molecular formula is C11H20N2O5. The van der Waals surface area contributed by atoms with E-state index in [0.717, 1.165) is 4.90 Å².